The van der Waals surface area contributed by atoms with Crippen molar-refractivity contribution in [1.29, 1.82) is 0 Å². The summed E-state index contributed by atoms with van der Waals surface area (Å²) < 4.78 is 27.0. The van der Waals surface area contributed by atoms with Crippen LogP contribution in [0.15, 0.2) is 16.3 Å². The number of nitrogens with two attached hydrogens (primary N) is 1. The molecule has 108 valence electrons. The van der Waals surface area contributed by atoms with Crippen molar-refractivity contribution in [3.8, 4) is 0 Å². The summed E-state index contributed by atoms with van der Waals surface area (Å²) in [4.78, 5) is 0.855. The Kier molecular flexibility index (Phi) is 5.49. The second-order valence-electron chi connectivity index (χ2n) is 5.05. The van der Waals surface area contributed by atoms with Crippen molar-refractivity contribution in [3.63, 3.8) is 0 Å². The normalized spacial score (nSPS) is 12.6. The molecule has 7 heteroatoms. The number of nitrogens with zero attached hydrogens (tertiary/aromatic N) is 1. The molecule has 0 saturated heterocycles. The standard InChI is InChI=1S/C12H20N2O2S3/c1-8(2)7-14(9(3)4)19(15,16)11-6-5-10(18-11)12(13)17/h5-6,8-9H,7H2,1-4H3,(H2,13,17). The number of thiophene rings is 1. The predicted molar refractivity (Wildman–Crippen MR) is 84.1 cm³/mol. The highest BCUT2D eigenvalue weighted by Gasteiger charge is 2.29. The largest absolute Gasteiger partial charge is 0.389 e. The second-order valence-corrected chi connectivity index (χ2v) is 8.69. The first-order chi connectivity index (χ1) is 8.66. The minimum atomic E-state index is -3.47. The van der Waals surface area contributed by atoms with Gasteiger partial charge in [-0.1, -0.05) is 26.1 Å². The van der Waals surface area contributed by atoms with Crippen LogP contribution in [0, 0.1) is 5.92 Å². The molecule has 1 aromatic heterocycles. The van der Waals surface area contributed by atoms with Gasteiger partial charge in [-0.3, -0.25) is 0 Å². The molecule has 2 N–H and O–H groups in total. The average molecular weight is 321 g/mol. The van der Waals surface area contributed by atoms with Crippen molar-refractivity contribution >= 4 is 38.6 Å². The van der Waals surface area contributed by atoms with E-state index in [9.17, 15) is 8.42 Å². The third-order valence-corrected chi connectivity index (χ3v) is 6.49. The third kappa shape index (κ3) is 3.98. The van der Waals surface area contributed by atoms with Crippen LogP contribution in [0.2, 0.25) is 0 Å². The van der Waals surface area contributed by atoms with Gasteiger partial charge >= 0.3 is 0 Å². The molecule has 0 atom stereocenters. The van der Waals surface area contributed by atoms with Crippen LogP contribution in [-0.2, 0) is 10.0 Å². The molecular formula is C12H20N2O2S3. The number of hydrogen-bond acceptors (Lipinski definition) is 4. The topological polar surface area (TPSA) is 63.4 Å². The minimum absolute atomic E-state index is 0.0808. The molecule has 1 rings (SSSR count). The molecule has 1 heterocycles. The molecule has 0 unspecified atom stereocenters. The maximum Gasteiger partial charge on any atom is 0.252 e. The summed E-state index contributed by atoms with van der Waals surface area (Å²) in [5.74, 6) is 0.271. The smallest absolute Gasteiger partial charge is 0.252 e. The van der Waals surface area contributed by atoms with Crippen LogP contribution in [0.3, 0.4) is 0 Å². The van der Waals surface area contributed by atoms with E-state index in [2.05, 4.69) is 0 Å². The van der Waals surface area contributed by atoms with Gasteiger partial charge in [-0.2, -0.15) is 4.31 Å². The second kappa shape index (κ2) is 6.30. The molecule has 0 bridgehead atoms. The Morgan fingerprint density at radius 2 is 1.95 bits per heavy atom. The van der Waals surface area contributed by atoms with Gasteiger partial charge in [-0.15, -0.1) is 11.3 Å². The fraction of sp³-hybridized carbons (Fsp3) is 0.583. The molecule has 0 aromatic carbocycles. The third-order valence-electron chi connectivity index (χ3n) is 2.51. The van der Waals surface area contributed by atoms with E-state index >= 15 is 0 Å². The van der Waals surface area contributed by atoms with Gasteiger partial charge in [-0.25, -0.2) is 8.42 Å². The van der Waals surface area contributed by atoms with Crippen LogP contribution in [0.5, 0.6) is 0 Å². The Labute approximate surface area is 124 Å². The Morgan fingerprint density at radius 3 is 2.32 bits per heavy atom. The molecule has 4 nitrogen and oxygen atoms in total. The van der Waals surface area contributed by atoms with Gasteiger partial charge in [0.25, 0.3) is 10.0 Å². The summed E-state index contributed by atoms with van der Waals surface area (Å²) in [6.45, 7) is 8.25. The van der Waals surface area contributed by atoms with E-state index in [1.807, 2.05) is 27.7 Å². The first-order valence-corrected chi connectivity index (χ1v) is 8.74. The van der Waals surface area contributed by atoms with Gasteiger partial charge in [0.1, 0.15) is 9.20 Å². The lowest BCUT2D eigenvalue weighted by Gasteiger charge is -2.26. The molecule has 0 spiro atoms. The first-order valence-electron chi connectivity index (χ1n) is 6.07. The summed E-state index contributed by atoms with van der Waals surface area (Å²) in [6.07, 6.45) is 0. The molecular weight excluding hydrogens is 300 g/mol. The van der Waals surface area contributed by atoms with Gasteiger partial charge in [-0.05, 0) is 31.9 Å². The summed E-state index contributed by atoms with van der Waals surface area (Å²) >= 11 is 5.99. The fourth-order valence-electron chi connectivity index (χ4n) is 1.65. The summed E-state index contributed by atoms with van der Waals surface area (Å²) in [5, 5.41) is 0. The van der Waals surface area contributed by atoms with E-state index in [0.29, 0.717) is 15.6 Å². The van der Waals surface area contributed by atoms with Crippen molar-refractivity contribution in [2.75, 3.05) is 6.54 Å². The van der Waals surface area contributed by atoms with Crippen molar-refractivity contribution in [2.24, 2.45) is 11.7 Å². The molecule has 0 saturated carbocycles. The lowest BCUT2D eigenvalue weighted by molar-refractivity contribution is 0.319. The maximum atomic E-state index is 12.6. The van der Waals surface area contributed by atoms with E-state index in [-0.39, 0.29) is 16.9 Å². The Balaban J connectivity index is 3.15. The van der Waals surface area contributed by atoms with Crippen LogP contribution >= 0.6 is 23.6 Å². The number of thiocarbonyl (C=S) groups is 1. The van der Waals surface area contributed by atoms with E-state index in [1.54, 1.807) is 12.1 Å². The van der Waals surface area contributed by atoms with Gasteiger partial charge in [0.15, 0.2) is 0 Å². The summed E-state index contributed by atoms with van der Waals surface area (Å²) in [6, 6.07) is 3.15. The van der Waals surface area contributed by atoms with Gasteiger partial charge < -0.3 is 5.73 Å². The van der Waals surface area contributed by atoms with Crippen LogP contribution < -0.4 is 5.73 Å². The number of rotatable bonds is 6. The monoisotopic (exact) mass is 320 g/mol. The molecule has 0 fully saturated rings. The summed E-state index contributed by atoms with van der Waals surface area (Å²) in [7, 11) is -3.47. The lowest BCUT2D eigenvalue weighted by Crippen LogP contribution is -2.39. The average Bonchev–Trinajstić information content (AvgIpc) is 2.74. The number of sulfonamides is 1. The molecule has 0 aliphatic rings. The highest BCUT2D eigenvalue weighted by atomic mass is 32.2. The van der Waals surface area contributed by atoms with Crippen molar-refractivity contribution in [3.05, 3.63) is 17.0 Å². The molecule has 1 aromatic rings. The zero-order valence-corrected chi connectivity index (χ0v) is 14.0. The van der Waals surface area contributed by atoms with Crippen LogP contribution in [0.4, 0.5) is 0 Å². The van der Waals surface area contributed by atoms with E-state index < -0.39 is 10.0 Å². The fourth-order valence-corrected chi connectivity index (χ4v) is 4.93. The molecule has 19 heavy (non-hydrogen) atoms. The molecule has 0 amide bonds. The molecule has 0 radical (unpaired) electrons. The predicted octanol–water partition coefficient (Wildman–Crippen LogP) is 2.44. The van der Waals surface area contributed by atoms with Crippen molar-refractivity contribution in [2.45, 2.75) is 37.9 Å². The zero-order valence-electron chi connectivity index (χ0n) is 11.6. The summed E-state index contributed by atoms with van der Waals surface area (Å²) in [5.41, 5.74) is 5.52. The minimum Gasteiger partial charge on any atom is -0.389 e. The lowest BCUT2D eigenvalue weighted by atomic mass is 10.2. The van der Waals surface area contributed by atoms with E-state index in [1.165, 1.54) is 4.31 Å². The zero-order chi connectivity index (χ0) is 14.8. The van der Waals surface area contributed by atoms with Crippen LogP contribution in [-0.4, -0.2) is 30.3 Å². The van der Waals surface area contributed by atoms with Crippen LogP contribution in [0.1, 0.15) is 32.6 Å². The van der Waals surface area contributed by atoms with E-state index in [0.717, 1.165) is 11.3 Å². The first kappa shape index (κ1) is 16.6. The highest BCUT2D eigenvalue weighted by Crippen LogP contribution is 2.26. The van der Waals surface area contributed by atoms with Gasteiger partial charge in [0.2, 0.25) is 0 Å². The molecule has 0 aliphatic carbocycles. The Morgan fingerprint density at radius 1 is 1.37 bits per heavy atom. The maximum absolute atomic E-state index is 12.6. The van der Waals surface area contributed by atoms with Gasteiger partial charge in [0.05, 0.1) is 4.88 Å². The highest BCUT2D eigenvalue weighted by molar-refractivity contribution is 7.91. The van der Waals surface area contributed by atoms with Crippen molar-refractivity contribution in [1.82, 2.24) is 4.31 Å². The quantitative estimate of drug-likeness (QED) is 0.818. The molecule has 0 aliphatic heterocycles. The SMILES string of the molecule is CC(C)CN(C(C)C)S(=O)(=O)c1ccc(C(N)=S)s1. The number of hydrogen-bond donors (Lipinski definition) is 1. The Hall–Kier alpha value is -0.500. The van der Waals surface area contributed by atoms with Crippen LogP contribution in [0.25, 0.3) is 0 Å². The van der Waals surface area contributed by atoms with Crippen molar-refractivity contribution < 1.29 is 8.42 Å². The Bertz CT molecular complexity index is 547. The van der Waals surface area contributed by atoms with Gasteiger partial charge in [0, 0.05) is 12.6 Å². The van der Waals surface area contributed by atoms with E-state index in [4.69, 9.17) is 18.0 Å².